The fourth-order valence-electron chi connectivity index (χ4n) is 3.63. The molecule has 2 atom stereocenters. The number of aryl methyl sites for hydroxylation is 2. The summed E-state index contributed by atoms with van der Waals surface area (Å²) in [5.74, 6) is 0.337. The van der Waals surface area contributed by atoms with E-state index in [9.17, 15) is 12.8 Å². The summed E-state index contributed by atoms with van der Waals surface area (Å²) in [6, 6.07) is 10.5. The lowest BCUT2D eigenvalue weighted by molar-refractivity contribution is 0.600. The molecular weight excluding hydrogens is 463 g/mol. The van der Waals surface area contributed by atoms with Gasteiger partial charge < -0.3 is 4.90 Å². The molecule has 0 unspecified atom stereocenters. The number of hydrogen-bond donors (Lipinski definition) is 0. The van der Waals surface area contributed by atoms with Crippen molar-refractivity contribution in [3.63, 3.8) is 0 Å². The Morgan fingerprint density at radius 2 is 1.96 bits per heavy atom. The lowest BCUT2D eigenvalue weighted by Crippen LogP contribution is -2.39. The van der Waals surface area contributed by atoms with Gasteiger partial charge in [0, 0.05) is 10.2 Å². The van der Waals surface area contributed by atoms with Crippen LogP contribution in [-0.2, 0) is 15.6 Å². The van der Waals surface area contributed by atoms with Gasteiger partial charge in [0.15, 0.2) is 15.0 Å². The van der Waals surface area contributed by atoms with Crippen LogP contribution in [0.1, 0.15) is 16.7 Å². The average molecular weight is 483 g/mol. The van der Waals surface area contributed by atoms with E-state index in [-0.39, 0.29) is 29.4 Å². The number of anilines is 1. The summed E-state index contributed by atoms with van der Waals surface area (Å²) in [6.07, 6.45) is 0. The highest BCUT2D eigenvalue weighted by Gasteiger charge is 2.47. The first-order valence-electron chi connectivity index (χ1n) is 8.95. The third-order valence-electron chi connectivity index (χ3n) is 5.22. The molecule has 0 amide bonds. The first kappa shape index (κ1) is 19.9. The molecule has 0 aromatic heterocycles. The van der Waals surface area contributed by atoms with E-state index in [4.69, 9.17) is 0 Å². The number of thioether (sulfide) groups is 1. The molecule has 4 rings (SSSR count). The Morgan fingerprint density at radius 3 is 2.68 bits per heavy atom. The zero-order valence-electron chi connectivity index (χ0n) is 15.5. The number of rotatable bonds is 3. The third kappa shape index (κ3) is 3.86. The molecule has 2 aliphatic heterocycles. The average Bonchev–Trinajstić information content (AvgIpc) is 3.08. The molecule has 0 N–H and O–H groups in total. The number of halogens is 2. The Morgan fingerprint density at radius 1 is 1.18 bits per heavy atom. The zero-order valence-corrected chi connectivity index (χ0v) is 18.7. The molecule has 8 heteroatoms. The molecular formula is C20H20BrFN2O2S2. The van der Waals surface area contributed by atoms with Crippen molar-refractivity contribution in [1.82, 2.24) is 0 Å². The summed E-state index contributed by atoms with van der Waals surface area (Å²) in [7, 11) is -3.16. The van der Waals surface area contributed by atoms with Crippen molar-refractivity contribution in [3.8, 4) is 0 Å². The first-order chi connectivity index (χ1) is 13.2. The van der Waals surface area contributed by atoms with Crippen molar-refractivity contribution in [2.75, 3.05) is 16.4 Å². The zero-order chi connectivity index (χ0) is 20.1. The van der Waals surface area contributed by atoms with Gasteiger partial charge in [0.2, 0.25) is 0 Å². The molecule has 0 radical (unpaired) electrons. The van der Waals surface area contributed by atoms with Crippen molar-refractivity contribution < 1.29 is 12.8 Å². The van der Waals surface area contributed by atoms with Crippen LogP contribution in [0.2, 0.25) is 0 Å². The van der Waals surface area contributed by atoms with Crippen molar-refractivity contribution in [3.05, 3.63) is 63.4 Å². The fourth-order valence-corrected chi connectivity index (χ4v) is 6.87. The lowest BCUT2D eigenvalue weighted by Gasteiger charge is -2.27. The molecule has 2 aliphatic rings. The van der Waals surface area contributed by atoms with Crippen LogP contribution in [-0.4, -0.2) is 37.2 Å². The van der Waals surface area contributed by atoms with E-state index in [1.165, 1.54) is 29.0 Å². The monoisotopic (exact) mass is 482 g/mol. The van der Waals surface area contributed by atoms with Crippen LogP contribution >= 0.6 is 27.7 Å². The molecule has 2 aromatic carbocycles. The van der Waals surface area contributed by atoms with Crippen molar-refractivity contribution in [1.29, 1.82) is 0 Å². The van der Waals surface area contributed by atoms with Crippen LogP contribution in [0.3, 0.4) is 0 Å². The quantitative estimate of drug-likeness (QED) is 0.646. The Balaban J connectivity index is 1.64. The fraction of sp³-hybridized carbons (Fsp3) is 0.350. The minimum absolute atomic E-state index is 0.00434. The normalized spacial score (nSPS) is 23.0. The molecule has 0 bridgehead atoms. The molecule has 0 saturated carbocycles. The van der Waals surface area contributed by atoms with Gasteiger partial charge in [0.1, 0.15) is 5.82 Å². The summed E-state index contributed by atoms with van der Waals surface area (Å²) in [6.45, 7) is 4.16. The Bertz CT molecular complexity index is 1070. The maximum atomic E-state index is 14.7. The van der Waals surface area contributed by atoms with Crippen molar-refractivity contribution in [2.24, 2.45) is 4.99 Å². The smallest absolute Gasteiger partial charge is 0.164 e. The highest BCUT2D eigenvalue weighted by molar-refractivity contribution is 9.10. The van der Waals surface area contributed by atoms with Gasteiger partial charge in [-0.15, -0.1) is 0 Å². The standard InChI is InChI=1S/C20H20BrFN2O2S2/c1-12-3-4-14(7-13(12)2)9-27-20-23-17-10-28(25,26)11-19(17)24(20)18-6-5-15(21)8-16(18)22/h3-8,17,19H,9-11H2,1-2H3/t17-,19-/m1/s1. The van der Waals surface area contributed by atoms with E-state index >= 15 is 0 Å². The number of sulfone groups is 1. The SMILES string of the molecule is Cc1ccc(CSC2=N[C@@H]3CS(=O)(=O)C[C@H]3N2c2ccc(Br)cc2F)cc1C. The van der Waals surface area contributed by atoms with Gasteiger partial charge in [-0.1, -0.05) is 45.9 Å². The summed E-state index contributed by atoms with van der Waals surface area (Å²) < 4.78 is 39.6. The summed E-state index contributed by atoms with van der Waals surface area (Å²) >= 11 is 4.81. The molecule has 148 valence electrons. The molecule has 1 saturated heterocycles. The number of benzene rings is 2. The van der Waals surface area contributed by atoms with E-state index in [2.05, 4.69) is 53.0 Å². The molecule has 2 heterocycles. The number of amidine groups is 1. The van der Waals surface area contributed by atoms with E-state index in [1.54, 1.807) is 17.0 Å². The highest BCUT2D eigenvalue weighted by Crippen LogP contribution is 2.37. The van der Waals surface area contributed by atoms with Crippen LogP contribution in [0, 0.1) is 19.7 Å². The Labute approximate surface area is 177 Å². The van der Waals surface area contributed by atoms with Crippen LogP contribution in [0.4, 0.5) is 10.1 Å². The molecule has 0 spiro atoms. The lowest BCUT2D eigenvalue weighted by atomic mass is 10.1. The number of nitrogens with zero attached hydrogens (tertiary/aromatic N) is 2. The molecule has 2 aromatic rings. The van der Waals surface area contributed by atoms with E-state index < -0.39 is 9.84 Å². The van der Waals surface area contributed by atoms with Crippen LogP contribution in [0.25, 0.3) is 0 Å². The Hall–Kier alpha value is -1.38. The molecule has 1 fully saturated rings. The van der Waals surface area contributed by atoms with E-state index in [0.717, 1.165) is 5.56 Å². The summed E-state index contributed by atoms with van der Waals surface area (Å²) in [4.78, 5) is 6.45. The predicted octanol–water partition coefficient (Wildman–Crippen LogP) is 4.48. The maximum absolute atomic E-state index is 14.7. The van der Waals surface area contributed by atoms with Gasteiger partial charge >= 0.3 is 0 Å². The summed E-state index contributed by atoms with van der Waals surface area (Å²) in [5.41, 5.74) is 4.01. The molecule has 4 nitrogen and oxygen atoms in total. The van der Waals surface area contributed by atoms with E-state index in [0.29, 0.717) is 21.1 Å². The molecule has 0 aliphatic carbocycles. The van der Waals surface area contributed by atoms with Gasteiger partial charge in [0.05, 0.1) is 29.3 Å². The third-order valence-corrected chi connectivity index (χ3v) is 8.45. The van der Waals surface area contributed by atoms with Crippen LogP contribution in [0.15, 0.2) is 45.9 Å². The van der Waals surface area contributed by atoms with Crippen molar-refractivity contribution in [2.45, 2.75) is 31.7 Å². The highest BCUT2D eigenvalue weighted by atomic mass is 79.9. The maximum Gasteiger partial charge on any atom is 0.164 e. The van der Waals surface area contributed by atoms with Gasteiger partial charge in [-0.2, -0.15) is 0 Å². The van der Waals surface area contributed by atoms with Crippen LogP contribution < -0.4 is 4.90 Å². The van der Waals surface area contributed by atoms with Crippen molar-refractivity contribution >= 4 is 48.4 Å². The number of fused-ring (bicyclic) bond motifs is 1. The Kier molecular flexibility index (Phi) is 5.31. The first-order valence-corrected chi connectivity index (χ1v) is 12.5. The van der Waals surface area contributed by atoms with Gasteiger partial charge in [-0.05, 0) is 48.7 Å². The largest absolute Gasteiger partial charge is 0.312 e. The second-order valence-corrected chi connectivity index (χ2v) is 11.3. The van der Waals surface area contributed by atoms with E-state index in [1.807, 2.05) is 0 Å². The van der Waals surface area contributed by atoms with Gasteiger partial charge in [-0.3, -0.25) is 4.99 Å². The number of hydrogen-bond acceptors (Lipinski definition) is 5. The summed E-state index contributed by atoms with van der Waals surface area (Å²) in [5, 5.41) is 0.685. The second kappa shape index (κ2) is 7.46. The number of aliphatic imine (C=N–C) groups is 1. The predicted molar refractivity (Wildman–Crippen MR) is 117 cm³/mol. The van der Waals surface area contributed by atoms with Crippen LogP contribution in [0.5, 0.6) is 0 Å². The minimum atomic E-state index is -3.16. The second-order valence-electron chi connectivity index (χ2n) is 7.30. The van der Waals surface area contributed by atoms with Gasteiger partial charge in [0.25, 0.3) is 0 Å². The minimum Gasteiger partial charge on any atom is -0.312 e. The molecule has 28 heavy (non-hydrogen) atoms. The topological polar surface area (TPSA) is 49.7 Å². The van der Waals surface area contributed by atoms with Gasteiger partial charge in [-0.25, -0.2) is 12.8 Å².